The molecule has 0 atom stereocenters. The lowest BCUT2D eigenvalue weighted by Crippen LogP contribution is -2.29. The molecule has 2 aromatic carbocycles. The summed E-state index contributed by atoms with van der Waals surface area (Å²) in [4.78, 5) is 3.05. The Kier molecular flexibility index (Phi) is 6.20. The highest BCUT2D eigenvalue weighted by atomic mass is 32.1. The van der Waals surface area contributed by atoms with Crippen molar-refractivity contribution in [3.05, 3.63) is 53.9 Å². The van der Waals surface area contributed by atoms with Crippen molar-refractivity contribution in [2.24, 2.45) is 0 Å². The molecule has 1 heterocycles. The number of para-hydroxylation sites is 1. The second kappa shape index (κ2) is 8.79. The minimum Gasteiger partial charge on any atom is -0.504 e. The third kappa shape index (κ3) is 4.28. The summed E-state index contributed by atoms with van der Waals surface area (Å²) in [5.74, 6) is 0.281. The average Bonchev–Trinajstić information content (AvgIpc) is 3.14. The van der Waals surface area contributed by atoms with Gasteiger partial charge < -0.3 is 15.1 Å². The Labute approximate surface area is 169 Å². The van der Waals surface area contributed by atoms with E-state index in [1.54, 1.807) is 10.7 Å². The Balaban J connectivity index is 1.65. The Hall–Kier alpha value is -3.00. The van der Waals surface area contributed by atoms with Gasteiger partial charge in [-0.1, -0.05) is 30.4 Å². The number of nitrogens with zero attached hydrogens (tertiary/aromatic N) is 5. The fourth-order valence-electron chi connectivity index (χ4n) is 3.09. The number of anilines is 1. The Bertz CT molecular complexity index is 973. The molecule has 0 aliphatic rings. The summed E-state index contributed by atoms with van der Waals surface area (Å²) in [6.07, 6.45) is 2.18. The molecule has 3 aromatic rings. The minimum atomic E-state index is -0.211. The van der Waals surface area contributed by atoms with Gasteiger partial charge in [0.05, 0.1) is 10.7 Å². The first-order valence-electron chi connectivity index (χ1n) is 9.17. The van der Waals surface area contributed by atoms with Crippen LogP contribution in [0.25, 0.3) is 5.69 Å². The topological polar surface area (TPSA) is 87.3 Å². The number of thiocarbonyl (C=S) groups is 1. The highest BCUT2D eigenvalue weighted by molar-refractivity contribution is 7.80. The minimum absolute atomic E-state index is 0.181. The number of tetrazole rings is 1. The van der Waals surface area contributed by atoms with Crippen molar-refractivity contribution < 1.29 is 10.2 Å². The van der Waals surface area contributed by atoms with Gasteiger partial charge in [0.2, 0.25) is 0 Å². The van der Waals surface area contributed by atoms with E-state index in [4.69, 9.17) is 12.2 Å². The standard InChI is InChI=1S/C20H23N5O2S/c1-3-24(16-8-5-4-7-14(16)2)20(28)10-6-9-19-21-22-23-25(19)15-11-12-17(26)18(27)13-15/h4-5,7-8,11-13,26-27H,3,6,9-10H2,1-2H3. The summed E-state index contributed by atoms with van der Waals surface area (Å²) in [5.41, 5.74) is 2.93. The van der Waals surface area contributed by atoms with Gasteiger partial charge in [-0.2, -0.15) is 4.68 Å². The van der Waals surface area contributed by atoms with E-state index < -0.39 is 0 Å². The van der Waals surface area contributed by atoms with Crippen LogP contribution in [-0.2, 0) is 6.42 Å². The van der Waals surface area contributed by atoms with Crippen LogP contribution in [0.15, 0.2) is 42.5 Å². The molecule has 0 amide bonds. The molecule has 0 radical (unpaired) electrons. The van der Waals surface area contributed by atoms with E-state index in [1.165, 1.54) is 17.7 Å². The van der Waals surface area contributed by atoms with Crippen LogP contribution in [0.4, 0.5) is 5.69 Å². The number of rotatable bonds is 7. The molecular weight excluding hydrogens is 374 g/mol. The zero-order valence-electron chi connectivity index (χ0n) is 15.9. The first-order chi connectivity index (χ1) is 13.5. The molecule has 0 saturated heterocycles. The van der Waals surface area contributed by atoms with Crippen LogP contribution in [0.2, 0.25) is 0 Å². The van der Waals surface area contributed by atoms with E-state index in [0.717, 1.165) is 30.1 Å². The fraction of sp³-hybridized carbons (Fsp3) is 0.300. The highest BCUT2D eigenvalue weighted by Crippen LogP contribution is 2.27. The molecule has 0 aliphatic heterocycles. The first-order valence-corrected chi connectivity index (χ1v) is 9.57. The van der Waals surface area contributed by atoms with Crippen molar-refractivity contribution in [1.29, 1.82) is 0 Å². The lowest BCUT2D eigenvalue weighted by Gasteiger charge is -2.25. The predicted octanol–water partition coefficient (Wildman–Crippen LogP) is 3.56. The molecule has 1 aromatic heterocycles. The van der Waals surface area contributed by atoms with Gasteiger partial charge >= 0.3 is 0 Å². The molecule has 0 saturated carbocycles. The maximum absolute atomic E-state index is 9.70. The van der Waals surface area contributed by atoms with Gasteiger partial charge in [-0.05, 0) is 60.9 Å². The van der Waals surface area contributed by atoms with Crippen LogP contribution in [0, 0.1) is 6.92 Å². The quantitative estimate of drug-likeness (QED) is 0.465. The van der Waals surface area contributed by atoms with Crippen molar-refractivity contribution in [3.63, 3.8) is 0 Å². The van der Waals surface area contributed by atoms with E-state index in [2.05, 4.69) is 46.4 Å². The maximum atomic E-state index is 9.70. The van der Waals surface area contributed by atoms with Gasteiger partial charge in [0, 0.05) is 24.7 Å². The second-order valence-electron chi connectivity index (χ2n) is 6.46. The number of hydrogen-bond donors (Lipinski definition) is 2. The van der Waals surface area contributed by atoms with Crippen molar-refractivity contribution >= 4 is 22.9 Å². The van der Waals surface area contributed by atoms with E-state index in [-0.39, 0.29) is 11.5 Å². The largest absolute Gasteiger partial charge is 0.504 e. The van der Waals surface area contributed by atoms with E-state index in [1.807, 2.05) is 12.1 Å². The van der Waals surface area contributed by atoms with Gasteiger partial charge in [-0.3, -0.25) is 0 Å². The molecule has 28 heavy (non-hydrogen) atoms. The van der Waals surface area contributed by atoms with Crippen LogP contribution < -0.4 is 4.90 Å². The molecule has 0 fully saturated rings. The summed E-state index contributed by atoms with van der Waals surface area (Å²) in [6, 6.07) is 12.7. The number of aryl methyl sites for hydroxylation is 2. The monoisotopic (exact) mass is 397 g/mol. The van der Waals surface area contributed by atoms with E-state index in [0.29, 0.717) is 17.9 Å². The summed E-state index contributed by atoms with van der Waals surface area (Å²) in [7, 11) is 0. The Morgan fingerprint density at radius 2 is 1.93 bits per heavy atom. The zero-order valence-corrected chi connectivity index (χ0v) is 16.7. The molecule has 0 aliphatic carbocycles. The van der Waals surface area contributed by atoms with Crippen LogP contribution in [0.1, 0.15) is 31.2 Å². The molecule has 0 spiro atoms. The van der Waals surface area contributed by atoms with Crippen molar-refractivity contribution in [3.8, 4) is 17.2 Å². The molecular formula is C20H23N5O2S. The van der Waals surface area contributed by atoms with Crippen LogP contribution in [0.5, 0.6) is 11.5 Å². The molecule has 0 bridgehead atoms. The number of aromatic nitrogens is 4. The first kappa shape index (κ1) is 19.8. The number of phenolic OH excluding ortho intramolecular Hbond substituents is 2. The highest BCUT2D eigenvalue weighted by Gasteiger charge is 2.14. The van der Waals surface area contributed by atoms with Crippen molar-refractivity contribution in [1.82, 2.24) is 20.2 Å². The average molecular weight is 398 g/mol. The van der Waals surface area contributed by atoms with Crippen LogP contribution in [0.3, 0.4) is 0 Å². The number of benzene rings is 2. The third-order valence-corrected chi connectivity index (χ3v) is 4.98. The zero-order chi connectivity index (χ0) is 20.1. The van der Waals surface area contributed by atoms with Crippen molar-refractivity contribution in [2.75, 3.05) is 11.4 Å². The molecule has 2 N–H and O–H groups in total. The summed E-state index contributed by atoms with van der Waals surface area (Å²) in [5, 5.41) is 31.0. The number of hydrogen-bond acceptors (Lipinski definition) is 6. The number of aromatic hydroxyl groups is 2. The SMILES string of the molecule is CCN(C(=S)CCCc1nnnn1-c1ccc(O)c(O)c1)c1ccccc1C. The van der Waals surface area contributed by atoms with Crippen molar-refractivity contribution in [2.45, 2.75) is 33.1 Å². The maximum Gasteiger partial charge on any atom is 0.159 e. The van der Waals surface area contributed by atoms with Crippen LogP contribution in [-0.4, -0.2) is 42.0 Å². The van der Waals surface area contributed by atoms with E-state index >= 15 is 0 Å². The molecule has 8 heteroatoms. The van der Waals surface area contributed by atoms with Gasteiger partial charge in [0.15, 0.2) is 17.3 Å². The lowest BCUT2D eigenvalue weighted by molar-refractivity contribution is 0.403. The molecule has 0 unspecified atom stereocenters. The molecule has 3 rings (SSSR count). The summed E-state index contributed by atoms with van der Waals surface area (Å²) in [6.45, 7) is 4.99. The Morgan fingerprint density at radius 1 is 1.14 bits per heavy atom. The summed E-state index contributed by atoms with van der Waals surface area (Å²) >= 11 is 5.68. The third-order valence-electron chi connectivity index (χ3n) is 4.55. The molecule has 7 nitrogen and oxygen atoms in total. The van der Waals surface area contributed by atoms with Gasteiger partial charge in [0.1, 0.15) is 0 Å². The van der Waals surface area contributed by atoms with Gasteiger partial charge in [0.25, 0.3) is 0 Å². The predicted molar refractivity (Wildman–Crippen MR) is 112 cm³/mol. The van der Waals surface area contributed by atoms with Gasteiger partial charge in [-0.15, -0.1) is 5.10 Å². The van der Waals surface area contributed by atoms with Gasteiger partial charge in [-0.25, -0.2) is 0 Å². The Morgan fingerprint density at radius 3 is 2.64 bits per heavy atom. The summed E-state index contributed by atoms with van der Waals surface area (Å²) < 4.78 is 1.56. The normalized spacial score (nSPS) is 10.8. The molecule has 146 valence electrons. The number of phenols is 2. The second-order valence-corrected chi connectivity index (χ2v) is 6.93. The smallest absolute Gasteiger partial charge is 0.159 e. The van der Waals surface area contributed by atoms with E-state index in [9.17, 15) is 10.2 Å². The van der Waals surface area contributed by atoms with Crippen LogP contribution >= 0.6 is 12.2 Å². The lowest BCUT2D eigenvalue weighted by atomic mass is 10.1. The fourth-order valence-corrected chi connectivity index (χ4v) is 3.46.